The lowest BCUT2D eigenvalue weighted by molar-refractivity contribution is -0.124. The van der Waals surface area contributed by atoms with Crippen LogP contribution in [0.1, 0.15) is 10.4 Å². The number of nitrogens with zero attached hydrogens (tertiary/aromatic N) is 1. The number of esters is 1. The lowest BCUT2D eigenvalue weighted by Crippen LogP contribution is -2.29. The van der Waals surface area contributed by atoms with E-state index in [1.807, 2.05) is 0 Å². The quantitative estimate of drug-likeness (QED) is 0.521. The minimum absolute atomic E-state index is 0.0112. The number of hydrogen-bond acceptors (Lipinski definition) is 5. The number of sulfonamides is 1. The molecule has 2 aromatic rings. The highest BCUT2D eigenvalue weighted by molar-refractivity contribution is 7.92. The Labute approximate surface area is 168 Å². The van der Waals surface area contributed by atoms with E-state index in [0.717, 1.165) is 4.31 Å². The molecule has 0 saturated carbocycles. The summed E-state index contributed by atoms with van der Waals surface area (Å²) in [6.07, 6.45) is 1.49. The van der Waals surface area contributed by atoms with Gasteiger partial charge in [-0.25, -0.2) is 13.2 Å². The fourth-order valence-electron chi connectivity index (χ4n) is 2.20. The van der Waals surface area contributed by atoms with Crippen LogP contribution in [0.4, 0.5) is 5.69 Å². The lowest BCUT2D eigenvalue weighted by atomic mass is 10.2. The van der Waals surface area contributed by atoms with Crippen LogP contribution in [0.3, 0.4) is 0 Å². The van der Waals surface area contributed by atoms with E-state index in [1.165, 1.54) is 43.5 Å². The molecule has 148 valence electrons. The third-order valence-corrected chi connectivity index (χ3v) is 5.69. The van der Waals surface area contributed by atoms with Crippen LogP contribution in [0.15, 0.2) is 66.1 Å². The predicted octanol–water partition coefficient (Wildman–Crippen LogP) is 2.62. The van der Waals surface area contributed by atoms with Crippen LogP contribution in [-0.2, 0) is 19.6 Å². The summed E-state index contributed by atoms with van der Waals surface area (Å²) >= 11 is 5.92. The monoisotopic (exact) mass is 422 g/mol. The zero-order valence-electron chi connectivity index (χ0n) is 15.1. The van der Waals surface area contributed by atoms with Crippen LogP contribution in [0, 0.1) is 0 Å². The molecular weight excluding hydrogens is 404 g/mol. The fourth-order valence-corrected chi connectivity index (χ4v) is 3.62. The summed E-state index contributed by atoms with van der Waals surface area (Å²) in [5.74, 6) is -1.30. The highest BCUT2D eigenvalue weighted by Gasteiger charge is 2.23. The Morgan fingerprint density at radius 2 is 1.93 bits per heavy atom. The molecule has 28 heavy (non-hydrogen) atoms. The van der Waals surface area contributed by atoms with Crippen LogP contribution < -0.4 is 9.62 Å². The number of nitrogens with one attached hydrogen (secondary N) is 1. The number of halogens is 1. The van der Waals surface area contributed by atoms with E-state index >= 15 is 0 Å². The summed E-state index contributed by atoms with van der Waals surface area (Å²) in [5, 5.41) is 2.86. The molecule has 0 unspecified atom stereocenters. The van der Waals surface area contributed by atoms with Crippen molar-refractivity contribution in [3.05, 3.63) is 71.8 Å². The van der Waals surface area contributed by atoms with E-state index in [2.05, 4.69) is 11.9 Å². The molecule has 2 rings (SSSR count). The summed E-state index contributed by atoms with van der Waals surface area (Å²) in [5.41, 5.74) is 0.386. The minimum Gasteiger partial charge on any atom is -0.452 e. The first kappa shape index (κ1) is 21.5. The van der Waals surface area contributed by atoms with Crippen molar-refractivity contribution in [3.8, 4) is 0 Å². The molecule has 9 heteroatoms. The second kappa shape index (κ2) is 9.38. The standard InChI is InChI=1S/C19H19ClN2O5S/c1-3-10-21-18(23)13-27-19(24)14-6-4-9-17(11-14)28(25,26)22(2)16-8-5-7-15(20)12-16/h3-9,11-12H,1,10,13H2,2H3,(H,21,23). The molecule has 0 radical (unpaired) electrons. The van der Waals surface area contributed by atoms with Crippen LogP contribution in [0.5, 0.6) is 0 Å². The number of benzene rings is 2. The van der Waals surface area contributed by atoms with Crippen molar-refractivity contribution in [2.45, 2.75) is 4.90 Å². The number of rotatable bonds is 8. The molecule has 0 aliphatic heterocycles. The van der Waals surface area contributed by atoms with Crippen molar-refractivity contribution in [2.24, 2.45) is 0 Å². The van der Waals surface area contributed by atoms with Gasteiger partial charge in [0.2, 0.25) is 0 Å². The largest absolute Gasteiger partial charge is 0.452 e. The van der Waals surface area contributed by atoms with Crippen LogP contribution >= 0.6 is 11.6 Å². The van der Waals surface area contributed by atoms with Gasteiger partial charge in [0.15, 0.2) is 6.61 Å². The van der Waals surface area contributed by atoms with Crippen molar-refractivity contribution >= 4 is 39.2 Å². The first-order valence-corrected chi connectivity index (χ1v) is 9.97. The molecule has 0 saturated heterocycles. The van der Waals surface area contributed by atoms with Gasteiger partial charge in [0.25, 0.3) is 15.9 Å². The Morgan fingerprint density at radius 3 is 2.61 bits per heavy atom. The number of ether oxygens (including phenoxy) is 1. The van der Waals surface area contributed by atoms with E-state index in [-0.39, 0.29) is 17.0 Å². The molecule has 1 amide bonds. The normalized spacial score (nSPS) is 10.8. The maximum absolute atomic E-state index is 12.9. The minimum atomic E-state index is -3.93. The average Bonchev–Trinajstić information content (AvgIpc) is 2.69. The summed E-state index contributed by atoms with van der Waals surface area (Å²) in [7, 11) is -2.55. The van der Waals surface area contributed by atoms with Gasteiger partial charge in [-0.1, -0.05) is 29.8 Å². The van der Waals surface area contributed by atoms with Crippen molar-refractivity contribution in [1.29, 1.82) is 0 Å². The van der Waals surface area contributed by atoms with Crippen molar-refractivity contribution in [2.75, 3.05) is 24.5 Å². The molecule has 7 nitrogen and oxygen atoms in total. The molecule has 0 bridgehead atoms. The zero-order valence-corrected chi connectivity index (χ0v) is 16.7. The van der Waals surface area contributed by atoms with Crippen molar-refractivity contribution in [3.63, 3.8) is 0 Å². The molecule has 0 aromatic heterocycles. The van der Waals surface area contributed by atoms with E-state index in [1.54, 1.807) is 18.2 Å². The summed E-state index contributed by atoms with van der Waals surface area (Å²) in [4.78, 5) is 23.5. The summed E-state index contributed by atoms with van der Waals surface area (Å²) in [6, 6.07) is 11.8. The second-order valence-electron chi connectivity index (χ2n) is 5.65. The van der Waals surface area contributed by atoms with Gasteiger partial charge in [-0.3, -0.25) is 9.10 Å². The van der Waals surface area contributed by atoms with Crippen molar-refractivity contribution < 1.29 is 22.7 Å². The van der Waals surface area contributed by atoms with Crippen molar-refractivity contribution in [1.82, 2.24) is 5.32 Å². The molecule has 0 fully saturated rings. The number of amides is 1. The maximum atomic E-state index is 12.9. The van der Waals surface area contributed by atoms with Gasteiger partial charge in [-0.2, -0.15) is 0 Å². The van der Waals surface area contributed by atoms with Gasteiger partial charge in [0.1, 0.15) is 0 Å². The fraction of sp³-hybridized carbons (Fsp3) is 0.158. The van der Waals surface area contributed by atoms with Gasteiger partial charge in [-0.05, 0) is 36.4 Å². The third kappa shape index (κ3) is 5.34. The predicted molar refractivity (Wildman–Crippen MR) is 107 cm³/mol. The average molecular weight is 423 g/mol. The summed E-state index contributed by atoms with van der Waals surface area (Å²) in [6.45, 7) is 3.23. The molecule has 0 spiro atoms. The van der Waals surface area contributed by atoms with Crippen LogP contribution in [-0.4, -0.2) is 40.5 Å². The van der Waals surface area contributed by atoms with Gasteiger partial charge in [-0.15, -0.1) is 6.58 Å². The molecule has 0 aliphatic rings. The van der Waals surface area contributed by atoms with Crippen LogP contribution in [0.25, 0.3) is 0 Å². The van der Waals surface area contributed by atoms with Gasteiger partial charge in [0.05, 0.1) is 16.1 Å². The van der Waals surface area contributed by atoms with E-state index in [0.29, 0.717) is 10.7 Å². The molecule has 0 atom stereocenters. The van der Waals surface area contributed by atoms with E-state index in [4.69, 9.17) is 16.3 Å². The lowest BCUT2D eigenvalue weighted by Gasteiger charge is -2.20. The number of carbonyl (C=O) groups is 2. The van der Waals surface area contributed by atoms with Gasteiger partial charge < -0.3 is 10.1 Å². The molecule has 2 aromatic carbocycles. The SMILES string of the molecule is C=CCNC(=O)COC(=O)c1cccc(S(=O)(=O)N(C)c2cccc(Cl)c2)c1. The van der Waals surface area contributed by atoms with E-state index in [9.17, 15) is 18.0 Å². The Bertz CT molecular complexity index is 991. The Kier molecular flexibility index (Phi) is 7.19. The third-order valence-electron chi connectivity index (χ3n) is 3.68. The first-order valence-electron chi connectivity index (χ1n) is 8.15. The molecular formula is C19H19ClN2O5S. The topological polar surface area (TPSA) is 92.8 Å². The highest BCUT2D eigenvalue weighted by Crippen LogP contribution is 2.25. The Hall–Kier alpha value is -2.84. The maximum Gasteiger partial charge on any atom is 0.338 e. The van der Waals surface area contributed by atoms with Gasteiger partial charge in [0, 0.05) is 18.6 Å². The second-order valence-corrected chi connectivity index (χ2v) is 8.05. The molecule has 0 heterocycles. The first-order chi connectivity index (χ1) is 13.3. The van der Waals surface area contributed by atoms with E-state index < -0.39 is 28.5 Å². The highest BCUT2D eigenvalue weighted by atomic mass is 35.5. The molecule has 1 N–H and O–H groups in total. The Balaban J connectivity index is 2.18. The Morgan fingerprint density at radius 1 is 1.21 bits per heavy atom. The molecule has 0 aliphatic carbocycles. The zero-order chi connectivity index (χ0) is 20.7. The number of anilines is 1. The van der Waals surface area contributed by atoms with Gasteiger partial charge >= 0.3 is 5.97 Å². The number of hydrogen-bond donors (Lipinski definition) is 1. The van der Waals surface area contributed by atoms with Crippen LogP contribution in [0.2, 0.25) is 5.02 Å². The smallest absolute Gasteiger partial charge is 0.338 e. The number of carbonyl (C=O) groups excluding carboxylic acids is 2. The summed E-state index contributed by atoms with van der Waals surface area (Å²) < 4.78 is 31.7.